The number of aryl methyl sites for hydroxylation is 3. The van der Waals surface area contributed by atoms with Gasteiger partial charge in [-0.3, -0.25) is 14.9 Å². The Labute approximate surface area is 178 Å². The van der Waals surface area contributed by atoms with Gasteiger partial charge in [0.1, 0.15) is 0 Å². The molecule has 6 heteroatoms. The number of halogens is 1. The zero-order valence-electron chi connectivity index (χ0n) is 17.3. The van der Waals surface area contributed by atoms with Crippen LogP contribution in [0, 0.1) is 6.92 Å². The summed E-state index contributed by atoms with van der Waals surface area (Å²) in [5, 5.41) is 6.87. The molecule has 4 rings (SSSR count). The van der Waals surface area contributed by atoms with Crippen molar-refractivity contribution in [3.63, 3.8) is 0 Å². The molecule has 2 aliphatic rings. The molecule has 0 atom stereocenters. The average molecular weight is 415 g/mol. The predicted octanol–water partition coefficient (Wildman–Crippen LogP) is 4.50. The SMILES string of the molecule is Cc1ccc2c(c1)CCc1c(C(=O)NN3CCCCC3)nn(CCCCCCl)c1-2. The Bertz CT molecular complexity index is 870. The summed E-state index contributed by atoms with van der Waals surface area (Å²) in [6, 6.07) is 6.63. The van der Waals surface area contributed by atoms with Crippen LogP contribution in [0.2, 0.25) is 0 Å². The fourth-order valence-corrected chi connectivity index (χ4v) is 4.73. The number of hydrogen-bond donors (Lipinski definition) is 1. The Morgan fingerprint density at radius 1 is 1.14 bits per heavy atom. The number of aromatic nitrogens is 2. The number of alkyl halides is 1. The van der Waals surface area contributed by atoms with Crippen LogP contribution in [0.3, 0.4) is 0 Å². The fraction of sp³-hybridized carbons (Fsp3) is 0.565. The molecular formula is C23H31ClN4O. The quantitative estimate of drug-likeness (QED) is 0.536. The minimum atomic E-state index is -0.0572. The molecule has 156 valence electrons. The average Bonchev–Trinajstić information content (AvgIpc) is 3.11. The number of hydrazine groups is 1. The second kappa shape index (κ2) is 9.31. The topological polar surface area (TPSA) is 50.2 Å². The number of nitrogens with one attached hydrogen (secondary N) is 1. The van der Waals surface area contributed by atoms with Crippen LogP contribution >= 0.6 is 11.6 Å². The lowest BCUT2D eigenvalue weighted by Gasteiger charge is -2.26. The standard InChI is InChI=1S/C23H31ClN4O/c1-17-8-10-19-18(16-17)9-11-20-21(23(29)26-27-13-5-3-6-14-27)25-28(22(19)20)15-7-2-4-12-24/h8,10,16H,2-7,9,11-15H2,1H3,(H,26,29). The maximum absolute atomic E-state index is 13.1. The Hall–Kier alpha value is -1.85. The largest absolute Gasteiger partial charge is 0.286 e. The first kappa shape index (κ1) is 20.4. The zero-order chi connectivity index (χ0) is 20.2. The number of hydrogen-bond acceptors (Lipinski definition) is 3. The number of fused-ring (bicyclic) bond motifs is 3. The van der Waals surface area contributed by atoms with Gasteiger partial charge in [0.25, 0.3) is 5.91 Å². The van der Waals surface area contributed by atoms with Gasteiger partial charge in [-0.05, 0) is 51.0 Å². The van der Waals surface area contributed by atoms with Crippen LogP contribution in [0.1, 0.15) is 65.7 Å². The van der Waals surface area contributed by atoms with Crippen LogP contribution in [0.5, 0.6) is 0 Å². The summed E-state index contributed by atoms with van der Waals surface area (Å²) >= 11 is 5.84. The van der Waals surface area contributed by atoms with Gasteiger partial charge in [-0.2, -0.15) is 5.10 Å². The lowest BCUT2D eigenvalue weighted by molar-refractivity contribution is 0.0743. The smallest absolute Gasteiger partial charge is 0.283 e. The predicted molar refractivity (Wildman–Crippen MR) is 117 cm³/mol. The zero-order valence-corrected chi connectivity index (χ0v) is 18.1. The number of rotatable bonds is 7. The highest BCUT2D eigenvalue weighted by Gasteiger charge is 2.29. The first-order chi connectivity index (χ1) is 14.2. The lowest BCUT2D eigenvalue weighted by atomic mass is 9.87. The van der Waals surface area contributed by atoms with Crippen molar-refractivity contribution < 1.29 is 4.79 Å². The van der Waals surface area contributed by atoms with E-state index < -0.39 is 0 Å². The van der Waals surface area contributed by atoms with Crippen molar-refractivity contribution in [2.45, 2.75) is 64.8 Å². The number of amides is 1. The number of carbonyl (C=O) groups is 1. The summed E-state index contributed by atoms with van der Waals surface area (Å²) < 4.78 is 2.07. The monoisotopic (exact) mass is 414 g/mol. The van der Waals surface area contributed by atoms with Gasteiger partial charge in [0.15, 0.2) is 5.69 Å². The summed E-state index contributed by atoms with van der Waals surface area (Å²) in [4.78, 5) is 13.1. The molecule has 1 fully saturated rings. The number of unbranched alkanes of at least 4 members (excludes halogenated alkanes) is 2. The van der Waals surface area contributed by atoms with E-state index in [0.29, 0.717) is 11.6 Å². The number of carbonyl (C=O) groups excluding carboxylic acids is 1. The fourth-order valence-electron chi connectivity index (χ4n) is 4.54. The highest BCUT2D eigenvalue weighted by molar-refractivity contribution is 6.17. The van der Waals surface area contributed by atoms with Gasteiger partial charge >= 0.3 is 0 Å². The summed E-state index contributed by atoms with van der Waals surface area (Å²) in [5.74, 6) is 0.640. The van der Waals surface area contributed by atoms with Crippen molar-refractivity contribution in [3.8, 4) is 11.3 Å². The third kappa shape index (κ3) is 4.51. The third-order valence-corrected chi connectivity index (χ3v) is 6.31. The second-order valence-corrected chi connectivity index (χ2v) is 8.68. The van der Waals surface area contributed by atoms with Crippen molar-refractivity contribution >= 4 is 17.5 Å². The molecular weight excluding hydrogens is 384 g/mol. The summed E-state index contributed by atoms with van der Waals surface area (Å²) in [5.41, 5.74) is 9.84. The van der Waals surface area contributed by atoms with Gasteiger partial charge in [0.05, 0.1) is 5.69 Å². The van der Waals surface area contributed by atoms with Crippen molar-refractivity contribution in [1.82, 2.24) is 20.2 Å². The highest BCUT2D eigenvalue weighted by Crippen LogP contribution is 2.36. The molecule has 29 heavy (non-hydrogen) atoms. The molecule has 0 saturated carbocycles. The lowest BCUT2D eigenvalue weighted by Crippen LogP contribution is -2.45. The Morgan fingerprint density at radius 2 is 1.97 bits per heavy atom. The van der Waals surface area contributed by atoms with Gasteiger partial charge in [-0.25, -0.2) is 5.01 Å². The van der Waals surface area contributed by atoms with Crippen molar-refractivity contribution in [3.05, 3.63) is 40.6 Å². The summed E-state index contributed by atoms with van der Waals surface area (Å²) in [6.07, 6.45) is 8.48. The summed E-state index contributed by atoms with van der Waals surface area (Å²) in [6.45, 7) is 4.81. The molecule has 0 radical (unpaired) electrons. The minimum absolute atomic E-state index is 0.0572. The number of benzene rings is 1. The molecule has 0 spiro atoms. The van der Waals surface area contributed by atoms with Crippen LogP contribution in [0.4, 0.5) is 0 Å². The van der Waals surface area contributed by atoms with E-state index in [1.165, 1.54) is 23.1 Å². The van der Waals surface area contributed by atoms with Crippen LogP contribution in [-0.2, 0) is 19.4 Å². The van der Waals surface area contributed by atoms with Crippen LogP contribution in [0.15, 0.2) is 18.2 Å². The molecule has 1 aromatic carbocycles. The van der Waals surface area contributed by atoms with E-state index in [2.05, 4.69) is 40.2 Å². The Morgan fingerprint density at radius 3 is 2.76 bits per heavy atom. The summed E-state index contributed by atoms with van der Waals surface area (Å²) in [7, 11) is 0. The Kier molecular flexibility index (Phi) is 6.56. The highest BCUT2D eigenvalue weighted by atomic mass is 35.5. The van der Waals surface area contributed by atoms with Crippen molar-refractivity contribution in [2.24, 2.45) is 0 Å². The van der Waals surface area contributed by atoms with E-state index in [4.69, 9.17) is 16.7 Å². The third-order valence-electron chi connectivity index (χ3n) is 6.05. The number of piperidine rings is 1. The first-order valence-electron chi connectivity index (χ1n) is 11.0. The van der Waals surface area contributed by atoms with Gasteiger partial charge in [-0.15, -0.1) is 11.6 Å². The van der Waals surface area contributed by atoms with Crippen LogP contribution < -0.4 is 5.43 Å². The van der Waals surface area contributed by atoms with Crippen LogP contribution in [0.25, 0.3) is 11.3 Å². The normalized spacial score (nSPS) is 16.3. The molecule has 2 heterocycles. The van der Waals surface area contributed by atoms with Crippen molar-refractivity contribution in [2.75, 3.05) is 19.0 Å². The Balaban J connectivity index is 1.64. The van der Waals surface area contributed by atoms with E-state index in [9.17, 15) is 4.79 Å². The van der Waals surface area contributed by atoms with E-state index in [1.54, 1.807) is 0 Å². The van der Waals surface area contributed by atoms with Gasteiger partial charge in [0.2, 0.25) is 0 Å². The second-order valence-electron chi connectivity index (χ2n) is 8.30. The van der Waals surface area contributed by atoms with Gasteiger partial charge in [0, 0.05) is 36.6 Å². The van der Waals surface area contributed by atoms with E-state index >= 15 is 0 Å². The van der Waals surface area contributed by atoms with Gasteiger partial charge in [-0.1, -0.05) is 36.6 Å². The van der Waals surface area contributed by atoms with E-state index in [0.717, 1.165) is 75.8 Å². The van der Waals surface area contributed by atoms with Crippen LogP contribution in [-0.4, -0.2) is 39.7 Å². The van der Waals surface area contributed by atoms with E-state index in [-0.39, 0.29) is 5.91 Å². The first-order valence-corrected chi connectivity index (χ1v) is 11.5. The molecule has 1 aromatic heterocycles. The minimum Gasteiger partial charge on any atom is -0.283 e. The molecule has 2 aromatic rings. The van der Waals surface area contributed by atoms with Crippen molar-refractivity contribution in [1.29, 1.82) is 0 Å². The molecule has 5 nitrogen and oxygen atoms in total. The van der Waals surface area contributed by atoms with E-state index in [1.807, 2.05) is 0 Å². The number of nitrogens with zero attached hydrogens (tertiary/aromatic N) is 3. The molecule has 0 unspecified atom stereocenters. The molecule has 1 N–H and O–H groups in total. The molecule has 1 aliphatic heterocycles. The molecule has 1 amide bonds. The van der Waals surface area contributed by atoms with Gasteiger partial charge < -0.3 is 0 Å². The maximum atomic E-state index is 13.1. The molecule has 1 aliphatic carbocycles. The molecule has 1 saturated heterocycles. The molecule has 0 bridgehead atoms. The maximum Gasteiger partial charge on any atom is 0.286 e.